The largest absolute Gasteiger partial charge is 0.457 e. The third kappa shape index (κ3) is 3.32. The van der Waals surface area contributed by atoms with Gasteiger partial charge >= 0.3 is 0 Å². The van der Waals surface area contributed by atoms with Gasteiger partial charge in [-0.2, -0.15) is 0 Å². The molecule has 4 N–H and O–H groups in total. The normalized spacial score (nSPS) is 10.3. The molecule has 3 rings (SSSR count). The van der Waals surface area contributed by atoms with Crippen molar-refractivity contribution in [2.45, 2.75) is 0 Å². The molecule has 4 nitrogen and oxygen atoms in total. The van der Waals surface area contributed by atoms with Gasteiger partial charge in [0.05, 0.1) is 5.56 Å². The molecule has 0 bridgehead atoms. The summed E-state index contributed by atoms with van der Waals surface area (Å²) in [7, 11) is 0. The van der Waals surface area contributed by atoms with Gasteiger partial charge in [-0.1, -0.05) is 30.3 Å². The van der Waals surface area contributed by atoms with Crippen LogP contribution in [0.25, 0.3) is 0 Å². The van der Waals surface area contributed by atoms with Crippen molar-refractivity contribution in [3.05, 3.63) is 83.9 Å². The number of anilines is 2. The standard InChI is InChI=1S/C19H16N2O2/c20-14-6-3-5-13(11-14)19(22)17-9-1-2-10-18(17)23-16-8-4-7-15(21)12-16/h1-12H,20-21H2. The van der Waals surface area contributed by atoms with E-state index < -0.39 is 0 Å². The van der Waals surface area contributed by atoms with Crippen molar-refractivity contribution in [2.75, 3.05) is 11.5 Å². The Balaban J connectivity index is 1.96. The van der Waals surface area contributed by atoms with Crippen molar-refractivity contribution in [1.29, 1.82) is 0 Å². The van der Waals surface area contributed by atoms with E-state index in [-0.39, 0.29) is 5.78 Å². The van der Waals surface area contributed by atoms with Crippen LogP contribution < -0.4 is 16.2 Å². The van der Waals surface area contributed by atoms with E-state index in [0.29, 0.717) is 34.0 Å². The van der Waals surface area contributed by atoms with Gasteiger partial charge in [0, 0.05) is 23.0 Å². The topological polar surface area (TPSA) is 78.3 Å². The molecule has 0 fully saturated rings. The van der Waals surface area contributed by atoms with E-state index in [1.807, 2.05) is 6.07 Å². The molecule has 23 heavy (non-hydrogen) atoms. The maximum absolute atomic E-state index is 12.7. The van der Waals surface area contributed by atoms with Crippen LogP contribution >= 0.6 is 0 Å². The summed E-state index contributed by atoms with van der Waals surface area (Å²) in [5.41, 5.74) is 13.7. The molecular formula is C19H16N2O2. The molecule has 114 valence electrons. The van der Waals surface area contributed by atoms with Crippen LogP contribution in [0.5, 0.6) is 11.5 Å². The Morgan fingerprint density at radius 3 is 2.22 bits per heavy atom. The number of carbonyl (C=O) groups is 1. The molecule has 0 aliphatic heterocycles. The Hall–Kier alpha value is -3.27. The van der Waals surface area contributed by atoms with Crippen LogP contribution in [-0.2, 0) is 0 Å². The van der Waals surface area contributed by atoms with Crippen LogP contribution in [0, 0.1) is 0 Å². The lowest BCUT2D eigenvalue weighted by molar-refractivity contribution is 0.103. The number of ketones is 1. The molecule has 0 aromatic heterocycles. The van der Waals surface area contributed by atoms with Gasteiger partial charge in [-0.25, -0.2) is 0 Å². The van der Waals surface area contributed by atoms with Crippen molar-refractivity contribution in [3.63, 3.8) is 0 Å². The van der Waals surface area contributed by atoms with Crippen LogP contribution in [0.4, 0.5) is 11.4 Å². The lowest BCUT2D eigenvalue weighted by Crippen LogP contribution is -2.04. The van der Waals surface area contributed by atoms with Gasteiger partial charge in [0.25, 0.3) is 0 Å². The average Bonchev–Trinajstić information content (AvgIpc) is 2.55. The number of ether oxygens (including phenoxy) is 1. The van der Waals surface area contributed by atoms with E-state index in [0.717, 1.165) is 0 Å². The van der Waals surface area contributed by atoms with E-state index >= 15 is 0 Å². The van der Waals surface area contributed by atoms with E-state index in [4.69, 9.17) is 16.2 Å². The number of hydrogen-bond acceptors (Lipinski definition) is 4. The van der Waals surface area contributed by atoms with Crippen LogP contribution in [0.15, 0.2) is 72.8 Å². The number of para-hydroxylation sites is 1. The molecule has 0 atom stereocenters. The Morgan fingerprint density at radius 1 is 0.783 bits per heavy atom. The van der Waals surface area contributed by atoms with Gasteiger partial charge in [0.2, 0.25) is 0 Å². The molecule has 0 unspecified atom stereocenters. The molecular weight excluding hydrogens is 288 g/mol. The van der Waals surface area contributed by atoms with Gasteiger partial charge in [-0.15, -0.1) is 0 Å². The van der Waals surface area contributed by atoms with Gasteiger partial charge in [0.15, 0.2) is 5.78 Å². The zero-order valence-electron chi connectivity index (χ0n) is 12.4. The van der Waals surface area contributed by atoms with Gasteiger partial charge in [-0.3, -0.25) is 4.79 Å². The van der Waals surface area contributed by atoms with Crippen molar-refractivity contribution < 1.29 is 9.53 Å². The molecule has 0 spiro atoms. The smallest absolute Gasteiger partial charge is 0.196 e. The first-order valence-corrected chi connectivity index (χ1v) is 7.16. The average molecular weight is 304 g/mol. The Kier molecular flexibility index (Phi) is 3.97. The maximum atomic E-state index is 12.7. The summed E-state index contributed by atoms with van der Waals surface area (Å²) in [6, 6.07) is 21.0. The molecule has 0 radical (unpaired) electrons. The third-order valence-electron chi connectivity index (χ3n) is 3.37. The number of benzene rings is 3. The monoisotopic (exact) mass is 304 g/mol. The van der Waals surface area contributed by atoms with Crippen molar-refractivity contribution >= 4 is 17.2 Å². The molecule has 3 aromatic rings. The maximum Gasteiger partial charge on any atom is 0.196 e. The summed E-state index contributed by atoms with van der Waals surface area (Å²) < 4.78 is 5.83. The number of nitrogen functional groups attached to an aromatic ring is 2. The second kappa shape index (κ2) is 6.23. The van der Waals surface area contributed by atoms with E-state index in [9.17, 15) is 4.79 Å². The fourth-order valence-corrected chi connectivity index (χ4v) is 2.28. The highest BCUT2D eigenvalue weighted by molar-refractivity contribution is 6.11. The molecule has 0 aliphatic carbocycles. The van der Waals surface area contributed by atoms with Gasteiger partial charge in [0.1, 0.15) is 11.5 Å². The van der Waals surface area contributed by atoms with E-state index in [1.54, 1.807) is 66.7 Å². The SMILES string of the molecule is Nc1cccc(Oc2ccccc2C(=O)c2cccc(N)c2)c1. The highest BCUT2D eigenvalue weighted by Crippen LogP contribution is 2.28. The second-order valence-corrected chi connectivity index (χ2v) is 5.13. The Bertz CT molecular complexity index is 859. The fraction of sp³-hybridized carbons (Fsp3) is 0. The molecule has 0 saturated carbocycles. The first-order valence-electron chi connectivity index (χ1n) is 7.16. The van der Waals surface area contributed by atoms with Crippen LogP contribution in [-0.4, -0.2) is 5.78 Å². The minimum Gasteiger partial charge on any atom is -0.457 e. The van der Waals surface area contributed by atoms with Crippen molar-refractivity contribution in [1.82, 2.24) is 0 Å². The second-order valence-electron chi connectivity index (χ2n) is 5.13. The van der Waals surface area contributed by atoms with Crippen molar-refractivity contribution in [3.8, 4) is 11.5 Å². The molecule has 0 saturated heterocycles. The molecule has 0 aliphatic rings. The quantitative estimate of drug-likeness (QED) is 0.566. The fourth-order valence-electron chi connectivity index (χ4n) is 2.28. The zero-order valence-corrected chi connectivity index (χ0v) is 12.4. The lowest BCUT2D eigenvalue weighted by atomic mass is 10.0. The Morgan fingerprint density at radius 2 is 1.48 bits per heavy atom. The third-order valence-corrected chi connectivity index (χ3v) is 3.37. The predicted octanol–water partition coefficient (Wildman–Crippen LogP) is 3.87. The summed E-state index contributed by atoms with van der Waals surface area (Å²) in [6.07, 6.45) is 0. The Labute approximate surface area is 134 Å². The summed E-state index contributed by atoms with van der Waals surface area (Å²) in [6.45, 7) is 0. The highest BCUT2D eigenvalue weighted by atomic mass is 16.5. The predicted molar refractivity (Wildman–Crippen MR) is 91.7 cm³/mol. The highest BCUT2D eigenvalue weighted by Gasteiger charge is 2.15. The van der Waals surface area contributed by atoms with E-state index in [2.05, 4.69) is 0 Å². The molecule has 3 aromatic carbocycles. The lowest BCUT2D eigenvalue weighted by Gasteiger charge is -2.11. The molecule has 4 heteroatoms. The van der Waals surface area contributed by atoms with Gasteiger partial charge < -0.3 is 16.2 Å². The summed E-state index contributed by atoms with van der Waals surface area (Å²) in [4.78, 5) is 12.7. The zero-order chi connectivity index (χ0) is 16.2. The summed E-state index contributed by atoms with van der Waals surface area (Å²) >= 11 is 0. The van der Waals surface area contributed by atoms with Crippen LogP contribution in [0.3, 0.4) is 0 Å². The summed E-state index contributed by atoms with van der Waals surface area (Å²) in [5.74, 6) is 0.917. The molecule has 0 heterocycles. The minimum atomic E-state index is -0.142. The van der Waals surface area contributed by atoms with Gasteiger partial charge in [-0.05, 0) is 36.4 Å². The van der Waals surface area contributed by atoms with E-state index in [1.165, 1.54) is 0 Å². The van der Waals surface area contributed by atoms with Crippen molar-refractivity contribution in [2.24, 2.45) is 0 Å². The number of nitrogens with two attached hydrogens (primary N) is 2. The van der Waals surface area contributed by atoms with Crippen LogP contribution in [0.1, 0.15) is 15.9 Å². The molecule has 0 amide bonds. The number of carbonyl (C=O) groups excluding carboxylic acids is 1. The first kappa shape index (κ1) is 14.7. The first-order chi connectivity index (χ1) is 11.1. The number of hydrogen-bond donors (Lipinski definition) is 2. The minimum absolute atomic E-state index is 0.142. The number of rotatable bonds is 4. The van der Waals surface area contributed by atoms with Crippen LogP contribution in [0.2, 0.25) is 0 Å². The summed E-state index contributed by atoms with van der Waals surface area (Å²) in [5, 5.41) is 0.